The number of rotatable bonds is 3. The number of hydrogen-bond acceptors (Lipinski definition) is 1. The van der Waals surface area contributed by atoms with Crippen molar-refractivity contribution >= 4 is 6.29 Å². The van der Waals surface area contributed by atoms with Crippen LogP contribution in [0.3, 0.4) is 0 Å². The summed E-state index contributed by atoms with van der Waals surface area (Å²) in [7, 11) is 0. The molecule has 1 aromatic heterocycles. The molecule has 0 atom stereocenters. The molecule has 0 bridgehead atoms. The summed E-state index contributed by atoms with van der Waals surface area (Å²) in [6.07, 6.45) is 2.85. The minimum Gasteiger partial charge on any atom is -0.291 e. The maximum Gasteiger partial charge on any atom is 0.245 e. The van der Waals surface area contributed by atoms with Crippen LogP contribution in [0.15, 0.2) is 48.7 Å². The van der Waals surface area contributed by atoms with E-state index < -0.39 is 0 Å². The van der Waals surface area contributed by atoms with Crippen molar-refractivity contribution < 1.29 is 9.36 Å². The number of carbonyl (C=O) groups is 1. The van der Waals surface area contributed by atoms with Gasteiger partial charge in [-0.3, -0.25) is 4.79 Å². The Morgan fingerprint density at radius 3 is 2.62 bits per heavy atom. The van der Waals surface area contributed by atoms with Gasteiger partial charge in [-0.1, -0.05) is 30.3 Å². The van der Waals surface area contributed by atoms with Gasteiger partial charge in [0.1, 0.15) is 0 Å². The van der Waals surface area contributed by atoms with E-state index >= 15 is 0 Å². The van der Waals surface area contributed by atoms with E-state index in [1.54, 1.807) is 0 Å². The van der Waals surface area contributed by atoms with Crippen LogP contribution in [0, 0.1) is 6.92 Å². The Morgan fingerprint density at radius 1 is 1.19 bits per heavy atom. The first-order valence-electron chi connectivity index (χ1n) is 5.29. The maximum atomic E-state index is 10.9. The van der Waals surface area contributed by atoms with Crippen molar-refractivity contribution in [3.8, 4) is 0 Å². The standard InChI is InChI=1S/C14H14NO/c1-12-7-8-15(14(9-12)11-16)10-13-5-3-2-4-6-13/h2-9,11H,10H2,1H3/q+1. The van der Waals surface area contributed by atoms with Crippen LogP contribution < -0.4 is 4.57 Å². The molecule has 1 aromatic carbocycles. The first kappa shape index (κ1) is 10.6. The molecule has 0 saturated heterocycles. The van der Waals surface area contributed by atoms with Crippen molar-refractivity contribution in [2.75, 3.05) is 0 Å². The third-order valence-electron chi connectivity index (χ3n) is 2.54. The Kier molecular flexibility index (Phi) is 3.10. The number of aldehydes is 1. The highest BCUT2D eigenvalue weighted by molar-refractivity contribution is 5.69. The van der Waals surface area contributed by atoms with Gasteiger partial charge in [0.25, 0.3) is 0 Å². The molecule has 0 fully saturated rings. The van der Waals surface area contributed by atoms with Crippen LogP contribution in [0.4, 0.5) is 0 Å². The minimum atomic E-state index is 0.712. The van der Waals surface area contributed by atoms with Crippen LogP contribution in [-0.4, -0.2) is 6.29 Å². The van der Waals surface area contributed by atoms with Gasteiger partial charge in [0.15, 0.2) is 12.7 Å². The first-order valence-corrected chi connectivity index (χ1v) is 5.29. The molecule has 0 amide bonds. The third kappa shape index (κ3) is 2.34. The number of nitrogens with zero attached hydrogens (tertiary/aromatic N) is 1. The van der Waals surface area contributed by atoms with E-state index in [4.69, 9.17) is 0 Å². The molecule has 2 heteroatoms. The molecular weight excluding hydrogens is 198 g/mol. The van der Waals surface area contributed by atoms with Crippen molar-refractivity contribution in [2.45, 2.75) is 13.5 Å². The Morgan fingerprint density at radius 2 is 1.94 bits per heavy atom. The van der Waals surface area contributed by atoms with E-state index in [1.807, 2.05) is 48.0 Å². The lowest BCUT2D eigenvalue weighted by Gasteiger charge is -2.00. The minimum absolute atomic E-state index is 0.712. The summed E-state index contributed by atoms with van der Waals surface area (Å²) < 4.78 is 1.95. The zero-order chi connectivity index (χ0) is 11.4. The van der Waals surface area contributed by atoms with Crippen LogP contribution in [-0.2, 0) is 6.54 Å². The topological polar surface area (TPSA) is 20.9 Å². The number of carbonyl (C=O) groups excluding carboxylic acids is 1. The lowest BCUT2D eigenvalue weighted by Crippen LogP contribution is -2.38. The number of aromatic nitrogens is 1. The predicted molar refractivity (Wildman–Crippen MR) is 62.3 cm³/mol. The van der Waals surface area contributed by atoms with Crippen molar-refractivity contribution in [2.24, 2.45) is 0 Å². The molecule has 0 aliphatic heterocycles. The summed E-state index contributed by atoms with van der Waals surface area (Å²) in [5.41, 5.74) is 3.01. The Balaban J connectivity index is 2.31. The molecule has 2 aromatic rings. The monoisotopic (exact) mass is 212 g/mol. The molecule has 1 heterocycles. The SMILES string of the molecule is Cc1cc[n+](Cc2ccccc2)c(C=O)c1. The third-order valence-corrected chi connectivity index (χ3v) is 2.54. The van der Waals surface area contributed by atoms with E-state index in [9.17, 15) is 4.79 Å². The first-order chi connectivity index (χ1) is 7.79. The van der Waals surface area contributed by atoms with E-state index in [1.165, 1.54) is 5.56 Å². The molecule has 2 rings (SSSR count). The van der Waals surface area contributed by atoms with Gasteiger partial charge in [-0.25, -0.2) is 0 Å². The van der Waals surface area contributed by atoms with Crippen LogP contribution in [0.1, 0.15) is 21.6 Å². The van der Waals surface area contributed by atoms with Gasteiger partial charge in [-0.2, -0.15) is 4.57 Å². The lowest BCUT2D eigenvalue weighted by atomic mass is 10.2. The average molecular weight is 212 g/mol. The van der Waals surface area contributed by atoms with E-state index in [2.05, 4.69) is 12.1 Å². The van der Waals surface area contributed by atoms with Crippen LogP contribution in [0.2, 0.25) is 0 Å². The Hall–Kier alpha value is -1.96. The van der Waals surface area contributed by atoms with Crippen molar-refractivity contribution in [3.63, 3.8) is 0 Å². The summed E-state index contributed by atoms with van der Waals surface area (Å²) in [5, 5.41) is 0. The molecule has 0 aliphatic rings. The van der Waals surface area contributed by atoms with Gasteiger partial charge in [-0.05, 0) is 12.5 Å². The van der Waals surface area contributed by atoms with Gasteiger partial charge >= 0.3 is 0 Å². The second-order valence-corrected chi connectivity index (χ2v) is 3.86. The fourth-order valence-electron chi connectivity index (χ4n) is 1.68. The summed E-state index contributed by atoms with van der Waals surface area (Å²) in [5.74, 6) is 0. The normalized spacial score (nSPS) is 10.1. The molecule has 80 valence electrons. The maximum absolute atomic E-state index is 10.9. The molecule has 0 unspecified atom stereocenters. The predicted octanol–water partition coefficient (Wildman–Crippen LogP) is 2.14. The zero-order valence-electron chi connectivity index (χ0n) is 9.26. The van der Waals surface area contributed by atoms with Gasteiger partial charge in [-0.15, -0.1) is 0 Å². The lowest BCUT2D eigenvalue weighted by molar-refractivity contribution is -0.689. The van der Waals surface area contributed by atoms with Crippen molar-refractivity contribution in [1.29, 1.82) is 0 Å². The molecule has 0 saturated carbocycles. The number of benzene rings is 1. The van der Waals surface area contributed by atoms with E-state index in [0.29, 0.717) is 5.69 Å². The highest BCUT2D eigenvalue weighted by atomic mass is 16.1. The Bertz CT molecular complexity index is 491. The fourth-order valence-corrected chi connectivity index (χ4v) is 1.68. The van der Waals surface area contributed by atoms with E-state index in [-0.39, 0.29) is 0 Å². The molecule has 16 heavy (non-hydrogen) atoms. The van der Waals surface area contributed by atoms with Gasteiger partial charge in [0.05, 0.1) is 0 Å². The fraction of sp³-hybridized carbons (Fsp3) is 0.143. The smallest absolute Gasteiger partial charge is 0.245 e. The number of pyridine rings is 1. The molecular formula is C14H14NO+. The van der Waals surface area contributed by atoms with Gasteiger partial charge < -0.3 is 0 Å². The zero-order valence-corrected chi connectivity index (χ0v) is 9.26. The van der Waals surface area contributed by atoms with Crippen LogP contribution >= 0.6 is 0 Å². The summed E-state index contributed by atoms with van der Waals surface area (Å²) in [6.45, 7) is 2.72. The summed E-state index contributed by atoms with van der Waals surface area (Å²) >= 11 is 0. The molecule has 2 nitrogen and oxygen atoms in total. The number of aryl methyl sites for hydroxylation is 1. The molecule has 0 spiro atoms. The molecule has 0 aliphatic carbocycles. The summed E-state index contributed by atoms with van der Waals surface area (Å²) in [4.78, 5) is 10.9. The second kappa shape index (κ2) is 4.71. The second-order valence-electron chi connectivity index (χ2n) is 3.86. The molecule has 0 N–H and O–H groups in total. The van der Waals surface area contributed by atoms with Gasteiger partial charge in [0.2, 0.25) is 12.0 Å². The van der Waals surface area contributed by atoms with Crippen LogP contribution in [0.5, 0.6) is 0 Å². The highest BCUT2D eigenvalue weighted by Crippen LogP contribution is 2.00. The summed E-state index contributed by atoms with van der Waals surface area (Å²) in [6, 6.07) is 14.0. The highest BCUT2D eigenvalue weighted by Gasteiger charge is 2.09. The van der Waals surface area contributed by atoms with Crippen LogP contribution in [0.25, 0.3) is 0 Å². The Labute approximate surface area is 95.2 Å². The molecule has 0 radical (unpaired) electrons. The van der Waals surface area contributed by atoms with E-state index in [0.717, 1.165) is 18.4 Å². The van der Waals surface area contributed by atoms with Crippen molar-refractivity contribution in [1.82, 2.24) is 0 Å². The average Bonchev–Trinajstić information content (AvgIpc) is 2.33. The largest absolute Gasteiger partial charge is 0.291 e. The van der Waals surface area contributed by atoms with Crippen molar-refractivity contribution in [3.05, 3.63) is 65.5 Å². The quantitative estimate of drug-likeness (QED) is 0.564. The van der Waals surface area contributed by atoms with Gasteiger partial charge in [0, 0.05) is 17.7 Å². The number of hydrogen-bond donors (Lipinski definition) is 0.